The largest absolute Gasteiger partial charge is 0.399 e. The fourth-order valence-corrected chi connectivity index (χ4v) is 6.36. The number of nitrogens with zero attached hydrogens (tertiary/aromatic N) is 1. The first-order valence-corrected chi connectivity index (χ1v) is 9.19. The first-order valence-electron chi connectivity index (χ1n) is 6.16. The SMILES string of the molecule is CC1CN(S(=O)(=O)c2c(Br)cc(N)cc2Br)CCC1O. The Labute approximate surface area is 135 Å². The van der Waals surface area contributed by atoms with Crippen molar-refractivity contribution in [2.45, 2.75) is 24.3 Å². The molecule has 1 aliphatic heterocycles. The van der Waals surface area contributed by atoms with Crippen molar-refractivity contribution >= 4 is 47.6 Å². The summed E-state index contributed by atoms with van der Waals surface area (Å²) in [6, 6.07) is 3.14. The quantitative estimate of drug-likeness (QED) is 0.708. The van der Waals surface area contributed by atoms with E-state index < -0.39 is 16.1 Å². The van der Waals surface area contributed by atoms with Crippen molar-refractivity contribution in [1.82, 2.24) is 4.31 Å². The van der Waals surface area contributed by atoms with Crippen molar-refractivity contribution in [3.63, 3.8) is 0 Å². The molecule has 0 bridgehead atoms. The summed E-state index contributed by atoms with van der Waals surface area (Å²) in [5.74, 6) is -0.0788. The summed E-state index contributed by atoms with van der Waals surface area (Å²) in [5, 5.41) is 9.72. The molecular weight excluding hydrogens is 412 g/mol. The third-order valence-electron chi connectivity index (χ3n) is 3.44. The van der Waals surface area contributed by atoms with E-state index >= 15 is 0 Å². The molecule has 0 radical (unpaired) electrons. The zero-order valence-electron chi connectivity index (χ0n) is 10.9. The smallest absolute Gasteiger partial charge is 0.245 e. The number of aliphatic hydroxyl groups is 1. The van der Waals surface area contributed by atoms with Gasteiger partial charge < -0.3 is 10.8 Å². The second-order valence-corrected chi connectivity index (χ2v) is 8.59. The molecule has 0 spiro atoms. The number of benzene rings is 1. The van der Waals surface area contributed by atoms with Gasteiger partial charge in [-0.05, 0) is 56.3 Å². The zero-order valence-corrected chi connectivity index (χ0v) is 14.9. The average molecular weight is 428 g/mol. The number of anilines is 1. The molecule has 112 valence electrons. The number of halogens is 2. The van der Waals surface area contributed by atoms with Gasteiger partial charge in [-0.15, -0.1) is 0 Å². The van der Waals surface area contributed by atoms with Gasteiger partial charge in [0, 0.05) is 27.7 Å². The Morgan fingerprint density at radius 1 is 1.35 bits per heavy atom. The van der Waals surface area contributed by atoms with E-state index in [0.717, 1.165) is 0 Å². The van der Waals surface area contributed by atoms with E-state index in [2.05, 4.69) is 31.9 Å². The lowest BCUT2D eigenvalue weighted by molar-refractivity contribution is 0.0628. The monoisotopic (exact) mass is 426 g/mol. The highest BCUT2D eigenvalue weighted by atomic mass is 79.9. The van der Waals surface area contributed by atoms with Crippen molar-refractivity contribution in [2.24, 2.45) is 5.92 Å². The number of hydrogen-bond donors (Lipinski definition) is 2. The van der Waals surface area contributed by atoms with E-state index in [4.69, 9.17) is 5.73 Å². The van der Waals surface area contributed by atoms with Crippen LogP contribution in [0.25, 0.3) is 0 Å². The first kappa shape index (κ1) is 16.2. The second-order valence-electron chi connectivity index (χ2n) is 5.01. The Bertz CT molecular complexity index is 598. The van der Waals surface area contributed by atoms with Crippen molar-refractivity contribution in [3.8, 4) is 0 Å². The van der Waals surface area contributed by atoms with Gasteiger partial charge in [-0.1, -0.05) is 6.92 Å². The van der Waals surface area contributed by atoms with Gasteiger partial charge in [0.2, 0.25) is 10.0 Å². The Morgan fingerprint density at radius 2 is 1.90 bits per heavy atom. The third kappa shape index (κ3) is 3.04. The molecule has 2 atom stereocenters. The molecule has 0 amide bonds. The molecule has 0 saturated carbocycles. The standard InChI is InChI=1S/C12H16Br2N2O3S/c1-7-6-16(3-2-11(7)17)20(18,19)12-9(13)4-8(15)5-10(12)14/h4-5,7,11,17H,2-3,6,15H2,1H3. The van der Waals surface area contributed by atoms with Crippen molar-refractivity contribution in [3.05, 3.63) is 21.1 Å². The summed E-state index contributed by atoms with van der Waals surface area (Å²) in [4.78, 5) is 0.176. The van der Waals surface area contributed by atoms with E-state index in [1.165, 1.54) is 4.31 Å². The maximum atomic E-state index is 12.7. The molecule has 2 rings (SSSR count). The molecule has 5 nitrogen and oxygen atoms in total. The lowest BCUT2D eigenvalue weighted by Gasteiger charge is -2.33. The van der Waals surface area contributed by atoms with Gasteiger partial charge in [0.05, 0.1) is 6.10 Å². The molecule has 1 heterocycles. The second kappa shape index (κ2) is 5.92. The number of nitrogen functional groups attached to an aromatic ring is 1. The van der Waals surface area contributed by atoms with Crippen molar-refractivity contribution in [2.75, 3.05) is 18.8 Å². The molecule has 8 heteroatoms. The van der Waals surface area contributed by atoms with Gasteiger partial charge in [0.1, 0.15) is 4.90 Å². The maximum Gasteiger partial charge on any atom is 0.245 e. The summed E-state index contributed by atoms with van der Waals surface area (Å²) in [6.45, 7) is 2.48. The van der Waals surface area contributed by atoms with E-state index in [9.17, 15) is 13.5 Å². The summed E-state index contributed by atoms with van der Waals surface area (Å²) in [5.41, 5.74) is 6.17. The molecule has 20 heavy (non-hydrogen) atoms. The number of nitrogens with two attached hydrogens (primary N) is 1. The number of rotatable bonds is 2. The molecule has 1 aromatic rings. The van der Waals surface area contributed by atoms with Crippen LogP contribution < -0.4 is 5.73 Å². The molecule has 1 saturated heterocycles. The molecule has 1 fully saturated rings. The highest BCUT2D eigenvalue weighted by Gasteiger charge is 2.34. The molecule has 2 unspecified atom stereocenters. The summed E-state index contributed by atoms with van der Waals surface area (Å²) < 4.78 is 27.7. The molecular formula is C12H16Br2N2O3S. The fraction of sp³-hybridized carbons (Fsp3) is 0.500. The third-order valence-corrected chi connectivity index (χ3v) is 7.18. The van der Waals surface area contributed by atoms with Gasteiger partial charge in [-0.2, -0.15) is 4.31 Å². The van der Waals surface area contributed by atoms with Crippen LogP contribution in [0.15, 0.2) is 26.0 Å². The average Bonchev–Trinajstić information content (AvgIpc) is 2.30. The Morgan fingerprint density at radius 3 is 2.40 bits per heavy atom. The zero-order chi connectivity index (χ0) is 15.1. The highest BCUT2D eigenvalue weighted by molar-refractivity contribution is 9.11. The van der Waals surface area contributed by atoms with Gasteiger partial charge >= 0.3 is 0 Å². The predicted octanol–water partition coefficient (Wildman–Crippen LogP) is 2.19. The minimum absolute atomic E-state index is 0.0788. The summed E-state index contributed by atoms with van der Waals surface area (Å²) in [6.07, 6.45) is 0.00434. The van der Waals surface area contributed by atoms with Gasteiger partial charge in [0.25, 0.3) is 0 Å². The Hall–Kier alpha value is -0.150. The van der Waals surface area contributed by atoms with Gasteiger partial charge in [-0.25, -0.2) is 8.42 Å². The normalized spacial score (nSPS) is 24.8. The van der Waals surface area contributed by atoms with Crippen LogP contribution in [-0.2, 0) is 10.0 Å². The van der Waals surface area contributed by atoms with Crippen LogP contribution in [0.3, 0.4) is 0 Å². The minimum atomic E-state index is -3.62. The molecule has 3 N–H and O–H groups in total. The molecule has 0 aliphatic carbocycles. The van der Waals surface area contributed by atoms with E-state index in [-0.39, 0.29) is 10.8 Å². The highest BCUT2D eigenvalue weighted by Crippen LogP contribution is 2.35. The number of aliphatic hydroxyl groups excluding tert-OH is 1. The van der Waals surface area contributed by atoms with Crippen LogP contribution in [0.5, 0.6) is 0 Å². The van der Waals surface area contributed by atoms with Crippen LogP contribution in [0.2, 0.25) is 0 Å². The Kier molecular flexibility index (Phi) is 4.80. The number of hydrogen-bond acceptors (Lipinski definition) is 4. The van der Waals surface area contributed by atoms with Crippen LogP contribution in [0.1, 0.15) is 13.3 Å². The summed E-state index contributed by atoms with van der Waals surface area (Å²) in [7, 11) is -3.62. The van der Waals surface area contributed by atoms with E-state index in [0.29, 0.717) is 34.1 Å². The number of sulfonamides is 1. The number of piperidine rings is 1. The first-order chi connectivity index (χ1) is 9.23. The minimum Gasteiger partial charge on any atom is -0.399 e. The molecule has 0 aromatic heterocycles. The Balaban J connectivity index is 2.41. The van der Waals surface area contributed by atoms with Gasteiger partial charge in [0.15, 0.2) is 0 Å². The topological polar surface area (TPSA) is 83.6 Å². The lowest BCUT2D eigenvalue weighted by Crippen LogP contribution is -2.45. The van der Waals surface area contributed by atoms with Crippen LogP contribution in [-0.4, -0.2) is 37.0 Å². The summed E-state index contributed by atoms with van der Waals surface area (Å²) >= 11 is 6.52. The lowest BCUT2D eigenvalue weighted by atomic mass is 9.99. The van der Waals surface area contributed by atoms with Crippen molar-refractivity contribution < 1.29 is 13.5 Å². The fourth-order valence-electron chi connectivity index (χ4n) is 2.27. The molecule has 1 aliphatic rings. The predicted molar refractivity (Wildman–Crippen MR) is 84.8 cm³/mol. The van der Waals surface area contributed by atoms with Crippen LogP contribution in [0, 0.1) is 5.92 Å². The van der Waals surface area contributed by atoms with Gasteiger partial charge in [-0.3, -0.25) is 0 Å². The maximum absolute atomic E-state index is 12.7. The van der Waals surface area contributed by atoms with Crippen molar-refractivity contribution in [1.29, 1.82) is 0 Å². The van der Waals surface area contributed by atoms with Crippen LogP contribution in [0.4, 0.5) is 5.69 Å². The molecule has 1 aromatic carbocycles. The van der Waals surface area contributed by atoms with Crippen LogP contribution >= 0.6 is 31.9 Å². The van der Waals surface area contributed by atoms with E-state index in [1.54, 1.807) is 12.1 Å². The van der Waals surface area contributed by atoms with E-state index in [1.807, 2.05) is 6.92 Å².